The number of nitrogens with one attached hydrogen (secondary N) is 1. The monoisotopic (exact) mass is 238 g/mol. The maximum Gasteiger partial charge on any atom is 0.0195 e. The molecular formula is C15H30N2. The Labute approximate surface area is 107 Å². The highest BCUT2D eigenvalue weighted by Gasteiger charge is 2.28. The molecule has 17 heavy (non-hydrogen) atoms. The summed E-state index contributed by atoms with van der Waals surface area (Å²) >= 11 is 0. The number of nitrogens with zero attached hydrogens (tertiary/aromatic N) is 1. The minimum atomic E-state index is 0.770. The standard InChI is InChI=1S/C15H30N2/c1-3-10-17(15-8-7-13(2)11-15)12-14-6-4-5-9-16-14/h13-16H,3-12H2,1-2H3. The van der Waals surface area contributed by atoms with Crippen LogP contribution in [0.5, 0.6) is 0 Å². The molecule has 100 valence electrons. The summed E-state index contributed by atoms with van der Waals surface area (Å²) in [6, 6.07) is 1.65. The quantitative estimate of drug-likeness (QED) is 0.792. The number of hydrogen-bond donors (Lipinski definition) is 1. The van der Waals surface area contributed by atoms with Gasteiger partial charge in [0, 0.05) is 18.6 Å². The van der Waals surface area contributed by atoms with Crippen LogP contribution >= 0.6 is 0 Å². The zero-order valence-electron chi connectivity index (χ0n) is 11.8. The molecule has 0 aromatic heterocycles. The minimum absolute atomic E-state index is 0.770. The Hall–Kier alpha value is -0.0800. The molecule has 1 saturated heterocycles. The van der Waals surface area contributed by atoms with Gasteiger partial charge in [-0.2, -0.15) is 0 Å². The van der Waals surface area contributed by atoms with Gasteiger partial charge in [-0.25, -0.2) is 0 Å². The number of piperidine rings is 1. The van der Waals surface area contributed by atoms with Crippen molar-refractivity contribution >= 4 is 0 Å². The highest BCUT2D eigenvalue weighted by Crippen LogP contribution is 2.29. The smallest absolute Gasteiger partial charge is 0.0195 e. The van der Waals surface area contributed by atoms with Crippen molar-refractivity contribution in [3.05, 3.63) is 0 Å². The molecule has 2 aliphatic rings. The molecule has 0 spiro atoms. The molecule has 0 radical (unpaired) electrons. The topological polar surface area (TPSA) is 15.3 Å². The van der Waals surface area contributed by atoms with Crippen molar-refractivity contribution in [1.82, 2.24) is 10.2 Å². The molecule has 0 aromatic rings. The van der Waals surface area contributed by atoms with Crippen molar-refractivity contribution < 1.29 is 0 Å². The molecule has 3 atom stereocenters. The molecule has 0 amide bonds. The zero-order valence-corrected chi connectivity index (χ0v) is 11.8. The van der Waals surface area contributed by atoms with E-state index >= 15 is 0 Å². The van der Waals surface area contributed by atoms with Crippen LogP contribution in [0.2, 0.25) is 0 Å². The van der Waals surface area contributed by atoms with E-state index in [0.29, 0.717) is 0 Å². The number of rotatable bonds is 5. The van der Waals surface area contributed by atoms with Gasteiger partial charge in [0.15, 0.2) is 0 Å². The Morgan fingerprint density at radius 3 is 2.65 bits per heavy atom. The van der Waals surface area contributed by atoms with E-state index in [2.05, 4.69) is 24.1 Å². The van der Waals surface area contributed by atoms with E-state index < -0.39 is 0 Å². The molecule has 2 rings (SSSR count). The fraction of sp³-hybridized carbons (Fsp3) is 1.00. The molecule has 2 nitrogen and oxygen atoms in total. The summed E-state index contributed by atoms with van der Waals surface area (Å²) < 4.78 is 0. The first-order valence-corrected chi connectivity index (χ1v) is 7.77. The summed E-state index contributed by atoms with van der Waals surface area (Å²) in [6.07, 6.45) is 9.83. The highest BCUT2D eigenvalue weighted by atomic mass is 15.2. The third-order valence-electron chi connectivity index (χ3n) is 4.56. The molecule has 1 heterocycles. The average molecular weight is 238 g/mol. The molecule has 1 aliphatic heterocycles. The predicted molar refractivity (Wildman–Crippen MR) is 74.3 cm³/mol. The summed E-state index contributed by atoms with van der Waals surface area (Å²) in [5, 5.41) is 3.70. The van der Waals surface area contributed by atoms with E-state index in [0.717, 1.165) is 18.0 Å². The van der Waals surface area contributed by atoms with Crippen LogP contribution in [0.4, 0.5) is 0 Å². The Bertz CT molecular complexity index is 211. The lowest BCUT2D eigenvalue weighted by Gasteiger charge is -2.34. The molecule has 2 fully saturated rings. The van der Waals surface area contributed by atoms with Gasteiger partial charge in [-0.1, -0.05) is 20.3 Å². The van der Waals surface area contributed by atoms with Crippen molar-refractivity contribution in [3.8, 4) is 0 Å². The molecular weight excluding hydrogens is 208 g/mol. The van der Waals surface area contributed by atoms with Gasteiger partial charge in [-0.15, -0.1) is 0 Å². The maximum absolute atomic E-state index is 3.70. The first-order valence-electron chi connectivity index (χ1n) is 7.77. The van der Waals surface area contributed by atoms with E-state index in [1.165, 1.54) is 64.6 Å². The van der Waals surface area contributed by atoms with Gasteiger partial charge in [0.25, 0.3) is 0 Å². The molecule has 1 saturated carbocycles. The fourth-order valence-corrected chi connectivity index (χ4v) is 3.58. The Morgan fingerprint density at radius 2 is 2.06 bits per heavy atom. The minimum Gasteiger partial charge on any atom is -0.313 e. The van der Waals surface area contributed by atoms with Crippen molar-refractivity contribution in [3.63, 3.8) is 0 Å². The molecule has 3 unspecified atom stereocenters. The van der Waals surface area contributed by atoms with Crippen molar-refractivity contribution in [2.75, 3.05) is 19.6 Å². The Morgan fingerprint density at radius 1 is 1.18 bits per heavy atom. The van der Waals surface area contributed by atoms with Gasteiger partial charge in [0.1, 0.15) is 0 Å². The number of hydrogen-bond acceptors (Lipinski definition) is 2. The second-order valence-corrected chi connectivity index (χ2v) is 6.21. The predicted octanol–water partition coefficient (Wildman–Crippen LogP) is 3.03. The molecule has 1 aliphatic carbocycles. The van der Waals surface area contributed by atoms with Gasteiger partial charge in [-0.05, 0) is 57.5 Å². The summed E-state index contributed by atoms with van der Waals surface area (Å²) in [5.74, 6) is 0.957. The molecule has 0 bridgehead atoms. The van der Waals surface area contributed by atoms with E-state index in [1.807, 2.05) is 0 Å². The Balaban J connectivity index is 1.82. The van der Waals surface area contributed by atoms with Gasteiger partial charge < -0.3 is 5.32 Å². The molecule has 0 aromatic carbocycles. The lowest BCUT2D eigenvalue weighted by molar-refractivity contribution is 0.165. The van der Waals surface area contributed by atoms with Crippen molar-refractivity contribution in [2.45, 2.75) is 70.9 Å². The summed E-state index contributed by atoms with van der Waals surface area (Å²) in [5.41, 5.74) is 0. The van der Waals surface area contributed by atoms with E-state index in [1.54, 1.807) is 0 Å². The van der Waals surface area contributed by atoms with Crippen molar-refractivity contribution in [2.24, 2.45) is 5.92 Å². The summed E-state index contributed by atoms with van der Waals surface area (Å²) in [7, 11) is 0. The van der Waals surface area contributed by atoms with Gasteiger partial charge in [0.2, 0.25) is 0 Å². The van der Waals surface area contributed by atoms with Gasteiger partial charge in [0.05, 0.1) is 0 Å². The molecule has 1 N–H and O–H groups in total. The fourth-order valence-electron chi connectivity index (χ4n) is 3.58. The second-order valence-electron chi connectivity index (χ2n) is 6.21. The highest BCUT2D eigenvalue weighted by molar-refractivity contribution is 4.84. The van der Waals surface area contributed by atoms with Crippen LogP contribution < -0.4 is 5.32 Å². The third-order valence-corrected chi connectivity index (χ3v) is 4.56. The summed E-state index contributed by atoms with van der Waals surface area (Å²) in [4.78, 5) is 2.78. The third kappa shape index (κ3) is 3.96. The van der Waals surface area contributed by atoms with Crippen LogP contribution in [0.1, 0.15) is 58.8 Å². The summed E-state index contributed by atoms with van der Waals surface area (Å²) in [6.45, 7) is 8.58. The first-order chi connectivity index (χ1) is 8.29. The Kier molecular flexibility index (Phi) is 5.30. The zero-order chi connectivity index (χ0) is 12.1. The van der Waals surface area contributed by atoms with Crippen LogP contribution in [0.3, 0.4) is 0 Å². The average Bonchev–Trinajstić information content (AvgIpc) is 2.77. The van der Waals surface area contributed by atoms with Crippen LogP contribution in [0, 0.1) is 5.92 Å². The maximum atomic E-state index is 3.70. The largest absolute Gasteiger partial charge is 0.313 e. The van der Waals surface area contributed by atoms with Gasteiger partial charge >= 0.3 is 0 Å². The molecule has 2 heteroatoms. The second kappa shape index (κ2) is 6.75. The lowest BCUT2D eigenvalue weighted by atomic mass is 10.0. The van der Waals surface area contributed by atoms with Gasteiger partial charge in [-0.3, -0.25) is 4.90 Å². The SMILES string of the molecule is CCCN(CC1CCCCN1)C1CCC(C)C1. The first kappa shape index (κ1) is 13.4. The van der Waals surface area contributed by atoms with E-state index in [4.69, 9.17) is 0 Å². The van der Waals surface area contributed by atoms with Crippen LogP contribution in [0.15, 0.2) is 0 Å². The van der Waals surface area contributed by atoms with E-state index in [9.17, 15) is 0 Å². The van der Waals surface area contributed by atoms with Crippen LogP contribution in [-0.4, -0.2) is 36.6 Å². The normalized spacial score (nSPS) is 34.4. The van der Waals surface area contributed by atoms with Crippen LogP contribution in [-0.2, 0) is 0 Å². The lowest BCUT2D eigenvalue weighted by Crippen LogP contribution is -2.47. The van der Waals surface area contributed by atoms with E-state index in [-0.39, 0.29) is 0 Å². The van der Waals surface area contributed by atoms with Crippen molar-refractivity contribution in [1.29, 1.82) is 0 Å². The van der Waals surface area contributed by atoms with Crippen LogP contribution in [0.25, 0.3) is 0 Å².